The average molecular weight is 1790 g/mol. The Morgan fingerprint density at radius 1 is 0.377 bits per heavy atom. The van der Waals surface area contributed by atoms with E-state index < -0.39 is 45.5 Å². The summed E-state index contributed by atoms with van der Waals surface area (Å²) >= 11 is 26.6. The first kappa shape index (κ1) is 82.7. The van der Waals surface area contributed by atoms with E-state index in [-0.39, 0.29) is 70.4 Å². The first-order valence-electron chi connectivity index (χ1n) is 42.8. The summed E-state index contributed by atoms with van der Waals surface area (Å²) in [7, 11) is 0. The Bertz CT molecular complexity index is 7390. The van der Waals surface area contributed by atoms with Crippen molar-refractivity contribution >= 4 is 140 Å². The number of rotatable bonds is 14. The summed E-state index contributed by atoms with van der Waals surface area (Å²) in [6.45, 7) is 3.57. The molecule has 4 saturated carbocycles. The lowest BCUT2D eigenvalue weighted by molar-refractivity contribution is -0.136. The van der Waals surface area contributed by atoms with Gasteiger partial charge in [0.2, 0.25) is 23.6 Å². The molecule has 2 aromatic heterocycles. The van der Waals surface area contributed by atoms with E-state index in [0.29, 0.717) is 50.5 Å². The summed E-state index contributed by atoms with van der Waals surface area (Å²) < 4.78 is 0. The molecule has 4 spiro atoms. The van der Waals surface area contributed by atoms with Crippen LogP contribution in [0.5, 0.6) is 0 Å². The largest absolute Gasteiger partial charge is 0.481 e. The molecule has 4 amide bonds. The lowest BCUT2D eigenvalue weighted by Gasteiger charge is -2.13. The lowest BCUT2D eigenvalue weighted by atomic mass is 9.88. The van der Waals surface area contributed by atoms with E-state index in [0.717, 1.165) is 159 Å². The maximum absolute atomic E-state index is 13.1. The molecular formula is C108H78Cl4N6O12. The van der Waals surface area contributed by atoms with E-state index >= 15 is 0 Å². The van der Waals surface area contributed by atoms with Gasteiger partial charge in [-0.05, 0) is 284 Å². The Morgan fingerprint density at radius 3 is 1.15 bits per heavy atom. The van der Waals surface area contributed by atoms with Gasteiger partial charge in [0.05, 0.1) is 64.9 Å². The number of hydrogen-bond acceptors (Lipinski definition) is 9. The number of carboxylic acids is 4. The predicted molar refractivity (Wildman–Crippen MR) is 506 cm³/mol. The highest BCUT2D eigenvalue weighted by Gasteiger charge is 2.69. The molecular weight excluding hydrogens is 1720 g/mol. The molecule has 4 aliphatic heterocycles. The number of carboxylic acid groups (broad SMARTS) is 4. The van der Waals surface area contributed by atoms with Crippen molar-refractivity contribution < 1.29 is 58.8 Å². The highest BCUT2D eigenvalue weighted by molar-refractivity contribution is 6.36. The van der Waals surface area contributed by atoms with E-state index in [2.05, 4.69) is 116 Å². The van der Waals surface area contributed by atoms with Gasteiger partial charge in [-0.2, -0.15) is 0 Å². The SMILES string of the molecule is Cc1ccc(C2CC23C(=O)Nc2cc(Cl)c(-c4ccc5c(c4)C=CC5)cc23)cc1C(=O)O.Cc1ccc(C2CC23C(=O)Nc2cc(Cl)c(-c4ccc5cc[nH]c5c4)cc23)cc1C(=O)O.O=C(O)Cc1ccc(C2CC23C(=O)Nc2cc(Cl)c(-c4ccc5c(c4)C=CC5)cc23)cc1.O=C(O)c1ccc(C2CC23C(=O)Nc2cc(Cl)c(-c4ccc(-c5ccncc5)cc4)cc23)cc1. The first-order valence-corrected chi connectivity index (χ1v) is 44.3. The smallest absolute Gasteiger partial charge is 0.335 e. The van der Waals surface area contributed by atoms with E-state index in [4.69, 9.17) is 51.5 Å². The number of halogens is 4. The van der Waals surface area contributed by atoms with Crippen LogP contribution in [0.25, 0.3) is 78.7 Å². The van der Waals surface area contributed by atoms with Gasteiger partial charge in [0, 0.05) is 92.8 Å². The van der Waals surface area contributed by atoms with Crippen molar-refractivity contribution in [2.45, 2.75) is 104 Å². The molecule has 0 radical (unpaired) electrons. The lowest BCUT2D eigenvalue weighted by Crippen LogP contribution is -2.21. The number of nitrogens with zero attached hydrogens (tertiary/aromatic N) is 1. The monoisotopic (exact) mass is 1790 g/mol. The normalized spacial score (nSPS) is 21.3. The highest BCUT2D eigenvalue weighted by Crippen LogP contribution is 2.70. The van der Waals surface area contributed by atoms with Crippen molar-refractivity contribution in [3.8, 4) is 55.6 Å². The number of benzene rings is 12. The van der Waals surface area contributed by atoms with Gasteiger partial charge in [0.1, 0.15) is 0 Å². The number of hydrogen-bond donors (Lipinski definition) is 9. The number of H-pyrrole nitrogens is 1. The standard InChI is InChI=1S/C28H19ClN2O3.2C27H20ClNO3.C26H19ClN2O3/c29-24-14-25-22(13-21(24)18-3-1-16(2-4-18)17-9-11-30-12-10-17)28(27(34)31-25)15-23(28)19-5-7-20(8-6-19)26(32)33;1-14-5-6-18(10-19(14)25(30)31)22-13-27(22)21-11-20(23(28)12-24(21)29-26(27)32)17-8-7-15-3-2-4-16(15)9-17;28-23-13-24-21(12-20(23)19-9-8-16-2-1-3-18(16)11-19)27(26(32)29-24)14-22(27)17-6-4-15(5-7-17)10-25(30)31;1-13-2-3-16(8-17(13)24(30)31)20-12-26(20)19-10-18(21(27)11-23(19)29-25(26)32)15-5-4-14-6-7-28-22(14)9-15/h1-14,23H,15H2,(H,31,34)(H,32,33);2,4-12,22H,3,13H2,1H3,(H,29,32)(H,30,31);1,3-9,11-13,22H,2,10,14H2,(H,29,32)(H,30,31);2-11,20,28H,12H2,1H3,(H,29,32)(H,30,31). The molecule has 8 unspecified atom stereocenters. The molecule has 14 aromatic rings. The van der Waals surface area contributed by atoms with Gasteiger partial charge in [-0.1, -0.05) is 192 Å². The minimum absolute atomic E-state index is 0.000290. The summed E-state index contributed by atoms with van der Waals surface area (Å²) in [6, 6.07) is 73.9. The average Bonchev–Trinajstić information content (AvgIpc) is 1.54. The van der Waals surface area contributed by atoms with Gasteiger partial charge in [-0.15, -0.1) is 0 Å². The van der Waals surface area contributed by atoms with Gasteiger partial charge in [0.25, 0.3) is 0 Å². The predicted octanol–water partition coefficient (Wildman–Crippen LogP) is 23.6. The third kappa shape index (κ3) is 13.9. The molecule has 6 heterocycles. The molecule has 10 aliphatic rings. The number of aromatic carboxylic acids is 3. The van der Waals surface area contributed by atoms with Crippen LogP contribution in [0, 0.1) is 13.8 Å². The van der Waals surface area contributed by atoms with E-state index in [1.54, 1.807) is 50.5 Å². The van der Waals surface area contributed by atoms with Crippen molar-refractivity contribution in [3.63, 3.8) is 0 Å². The maximum Gasteiger partial charge on any atom is 0.335 e. The number of aryl methyl sites for hydroxylation is 2. The Labute approximate surface area is 765 Å². The molecule has 4 fully saturated rings. The zero-order valence-corrected chi connectivity index (χ0v) is 72.8. The summed E-state index contributed by atoms with van der Waals surface area (Å²) in [6.07, 6.45) is 18.6. The number of allylic oxidation sites excluding steroid dienone is 2. The zero-order valence-electron chi connectivity index (χ0n) is 69.8. The molecule has 640 valence electrons. The number of aromatic nitrogens is 2. The summed E-state index contributed by atoms with van der Waals surface area (Å²) in [5.41, 5.74) is 26.9. The number of amides is 4. The van der Waals surface area contributed by atoms with Gasteiger partial charge >= 0.3 is 23.9 Å². The number of carbonyl (C=O) groups is 8. The van der Waals surface area contributed by atoms with Crippen LogP contribution >= 0.6 is 46.4 Å². The fraction of sp³-hybridized carbons (Fsp3) is 0.157. The van der Waals surface area contributed by atoms with E-state index in [9.17, 15) is 53.7 Å². The molecule has 6 aliphatic carbocycles. The Hall–Kier alpha value is -14.3. The summed E-state index contributed by atoms with van der Waals surface area (Å²) in [5, 5.41) is 52.8. The Morgan fingerprint density at radius 2 is 0.738 bits per heavy atom. The van der Waals surface area contributed by atoms with Crippen LogP contribution in [-0.4, -0.2) is 77.9 Å². The second kappa shape index (κ2) is 31.3. The number of aliphatic carboxylic acids is 1. The van der Waals surface area contributed by atoms with Crippen molar-refractivity contribution in [1.29, 1.82) is 0 Å². The molecule has 9 N–H and O–H groups in total. The fourth-order valence-electron chi connectivity index (χ4n) is 20.9. The van der Waals surface area contributed by atoms with Crippen LogP contribution in [0.2, 0.25) is 20.1 Å². The highest BCUT2D eigenvalue weighted by atomic mass is 35.5. The van der Waals surface area contributed by atoms with Crippen molar-refractivity contribution in [3.05, 3.63) is 381 Å². The van der Waals surface area contributed by atoms with Crippen LogP contribution in [0.1, 0.15) is 164 Å². The quantitative estimate of drug-likeness (QED) is 0.0490. The van der Waals surface area contributed by atoms with Crippen molar-refractivity contribution in [1.82, 2.24) is 9.97 Å². The number of nitrogens with one attached hydrogen (secondary N) is 5. The van der Waals surface area contributed by atoms with Gasteiger partial charge in [0.15, 0.2) is 0 Å². The Kier molecular flexibility index (Phi) is 19.9. The van der Waals surface area contributed by atoms with Crippen LogP contribution in [0.3, 0.4) is 0 Å². The number of pyridine rings is 1. The second-order valence-corrected chi connectivity index (χ2v) is 37.0. The van der Waals surface area contributed by atoms with Gasteiger partial charge in [-0.25, -0.2) is 14.4 Å². The van der Waals surface area contributed by atoms with Crippen LogP contribution < -0.4 is 21.3 Å². The molecule has 8 atom stereocenters. The maximum atomic E-state index is 13.1. The van der Waals surface area contributed by atoms with E-state index in [1.165, 1.54) is 22.3 Å². The number of carbonyl (C=O) groups excluding carboxylic acids is 4. The molecule has 130 heavy (non-hydrogen) atoms. The summed E-state index contributed by atoms with van der Waals surface area (Å²) in [5.74, 6) is -3.89. The van der Waals surface area contributed by atoms with Crippen LogP contribution in [0.4, 0.5) is 22.7 Å². The minimum Gasteiger partial charge on any atom is -0.481 e. The minimum atomic E-state index is -0.963. The third-order valence-electron chi connectivity index (χ3n) is 28.2. The third-order valence-corrected chi connectivity index (χ3v) is 29.4. The molecule has 0 saturated heterocycles. The molecule has 0 bridgehead atoms. The molecule has 22 heteroatoms. The van der Waals surface area contributed by atoms with E-state index in [1.807, 2.05) is 152 Å². The van der Waals surface area contributed by atoms with Crippen LogP contribution in [-0.2, 0) is 64.9 Å². The molecule has 24 rings (SSSR count). The summed E-state index contributed by atoms with van der Waals surface area (Å²) in [4.78, 5) is 105. The second-order valence-electron chi connectivity index (χ2n) is 35.4. The topological polar surface area (TPSA) is 294 Å². The zero-order chi connectivity index (χ0) is 89.9. The number of aromatic amines is 1. The first-order chi connectivity index (χ1) is 62.7. The van der Waals surface area contributed by atoms with Crippen LogP contribution in [0.15, 0.2) is 261 Å². The Balaban J connectivity index is 0.000000105. The van der Waals surface area contributed by atoms with Gasteiger partial charge < -0.3 is 46.7 Å². The van der Waals surface area contributed by atoms with Crippen molar-refractivity contribution in [2.24, 2.45) is 0 Å². The molecule has 12 aromatic carbocycles. The molecule has 18 nitrogen and oxygen atoms in total. The number of fused-ring (bicyclic) bond motifs is 11. The van der Waals surface area contributed by atoms with Crippen molar-refractivity contribution in [2.75, 3.05) is 21.3 Å². The fourth-order valence-corrected chi connectivity index (χ4v) is 21.9. The van der Waals surface area contributed by atoms with Gasteiger partial charge in [-0.3, -0.25) is 29.0 Å². The number of anilines is 4.